The Balaban J connectivity index is 2.28. The lowest BCUT2D eigenvalue weighted by Crippen LogP contribution is -2.46. The van der Waals surface area contributed by atoms with E-state index in [4.69, 9.17) is 5.84 Å². The Kier molecular flexibility index (Phi) is 3.19. The lowest BCUT2D eigenvalue weighted by Gasteiger charge is -2.36. The number of halogens is 1. The summed E-state index contributed by atoms with van der Waals surface area (Å²) in [5, 5.41) is 0. The van der Waals surface area contributed by atoms with Crippen LogP contribution in [0.3, 0.4) is 0 Å². The van der Waals surface area contributed by atoms with Gasteiger partial charge in [-0.3, -0.25) is 11.3 Å². The van der Waals surface area contributed by atoms with Crippen LogP contribution in [0.2, 0.25) is 0 Å². The van der Waals surface area contributed by atoms with Gasteiger partial charge in [-0.2, -0.15) is 0 Å². The fourth-order valence-corrected chi connectivity index (χ4v) is 2.36. The van der Waals surface area contributed by atoms with E-state index >= 15 is 0 Å². The maximum Gasteiger partial charge on any atom is 0.124 e. The molecule has 0 amide bonds. The number of nitrogens with zero attached hydrogens (tertiary/aromatic N) is 2. The summed E-state index contributed by atoms with van der Waals surface area (Å²) in [6.07, 6.45) is 8.15. The van der Waals surface area contributed by atoms with Crippen LogP contribution in [0.15, 0.2) is 23.2 Å². The van der Waals surface area contributed by atoms with Crippen molar-refractivity contribution in [3.63, 3.8) is 0 Å². The second kappa shape index (κ2) is 4.31. The Bertz CT molecular complexity index is 408. The lowest BCUT2D eigenvalue weighted by atomic mass is 9.76. The highest BCUT2D eigenvalue weighted by molar-refractivity contribution is 9.10. The largest absolute Gasteiger partial charge is 0.309 e. The molecule has 0 spiro atoms. The van der Waals surface area contributed by atoms with Crippen molar-refractivity contribution in [3.05, 3.63) is 23.2 Å². The second-order valence-corrected chi connectivity index (χ2v) is 5.71. The molecule has 0 fully saturated rings. The topological polar surface area (TPSA) is 55.9 Å². The van der Waals surface area contributed by atoms with Crippen molar-refractivity contribution < 1.29 is 0 Å². The van der Waals surface area contributed by atoms with Gasteiger partial charge in [-0.05, 0) is 40.3 Å². The van der Waals surface area contributed by atoms with Crippen LogP contribution in [-0.4, -0.2) is 15.6 Å². The van der Waals surface area contributed by atoms with E-state index in [1.54, 1.807) is 0 Å². The summed E-state index contributed by atoms with van der Waals surface area (Å²) in [6.45, 7) is 4.46. The van der Waals surface area contributed by atoms with Gasteiger partial charge in [-0.25, -0.2) is 4.98 Å². The monoisotopic (exact) mass is 284 g/mol. The third-order valence-corrected chi connectivity index (χ3v) is 3.70. The molecule has 1 unspecified atom stereocenters. The van der Waals surface area contributed by atoms with E-state index in [-0.39, 0.29) is 11.5 Å². The van der Waals surface area contributed by atoms with E-state index in [0.29, 0.717) is 0 Å². The van der Waals surface area contributed by atoms with Crippen molar-refractivity contribution in [2.45, 2.75) is 32.7 Å². The Morgan fingerprint density at radius 2 is 2.38 bits per heavy atom. The maximum atomic E-state index is 5.60. The number of nitrogens with one attached hydrogen (secondary N) is 1. The van der Waals surface area contributed by atoms with E-state index in [9.17, 15) is 0 Å². The van der Waals surface area contributed by atoms with Gasteiger partial charge in [0.25, 0.3) is 0 Å². The molecular weight excluding hydrogens is 268 g/mol. The first-order chi connectivity index (χ1) is 7.53. The second-order valence-electron chi connectivity index (χ2n) is 4.89. The third-order valence-electron chi connectivity index (χ3n) is 3.29. The molecule has 0 aliphatic heterocycles. The van der Waals surface area contributed by atoms with E-state index in [1.165, 1.54) is 5.70 Å². The van der Waals surface area contributed by atoms with E-state index < -0.39 is 0 Å². The van der Waals surface area contributed by atoms with Crippen molar-refractivity contribution in [2.75, 3.05) is 0 Å². The number of hydrogen-bond acceptors (Lipinski definition) is 3. The molecule has 0 radical (unpaired) electrons. The predicted octanol–water partition coefficient (Wildman–Crippen LogP) is 2.14. The number of nitrogens with two attached hydrogens (primary N) is 1. The Labute approximate surface area is 104 Å². The molecule has 2 rings (SSSR count). The number of allylic oxidation sites excluding steroid dienone is 1. The molecule has 1 heterocycles. The quantitative estimate of drug-likeness (QED) is 0.646. The van der Waals surface area contributed by atoms with Crippen LogP contribution >= 0.6 is 15.9 Å². The van der Waals surface area contributed by atoms with Gasteiger partial charge in [0.1, 0.15) is 10.9 Å². The fraction of sp³-hybridized carbons (Fsp3) is 0.545. The summed E-state index contributed by atoms with van der Waals surface area (Å²) < 4.78 is 2.90. The highest BCUT2D eigenvalue weighted by Crippen LogP contribution is 2.36. The first-order valence-corrected chi connectivity index (χ1v) is 6.19. The molecule has 5 heteroatoms. The molecule has 1 aromatic heterocycles. The number of imidazole rings is 1. The summed E-state index contributed by atoms with van der Waals surface area (Å²) >= 11 is 3.35. The minimum Gasteiger partial charge on any atom is -0.309 e. The van der Waals surface area contributed by atoms with Gasteiger partial charge in [0.05, 0.1) is 0 Å². The molecule has 0 aromatic carbocycles. The minimum absolute atomic E-state index is 0.204. The lowest BCUT2D eigenvalue weighted by molar-refractivity contribution is 0.253. The van der Waals surface area contributed by atoms with Crippen molar-refractivity contribution in [3.8, 4) is 0 Å². The van der Waals surface area contributed by atoms with Gasteiger partial charge in [-0.15, -0.1) is 0 Å². The molecule has 3 N–H and O–H groups in total. The predicted molar refractivity (Wildman–Crippen MR) is 68.3 cm³/mol. The van der Waals surface area contributed by atoms with E-state index in [0.717, 1.165) is 17.4 Å². The van der Waals surface area contributed by atoms with Gasteiger partial charge in [0, 0.05) is 17.9 Å². The summed E-state index contributed by atoms with van der Waals surface area (Å²) in [5.74, 6) is 5.60. The summed E-state index contributed by atoms with van der Waals surface area (Å²) in [6, 6.07) is 0.206. The smallest absolute Gasteiger partial charge is 0.124 e. The first-order valence-electron chi connectivity index (χ1n) is 5.39. The van der Waals surface area contributed by atoms with Crippen LogP contribution < -0.4 is 11.3 Å². The summed E-state index contributed by atoms with van der Waals surface area (Å²) in [5.41, 5.74) is 4.33. The Hall–Kier alpha value is -0.650. The van der Waals surface area contributed by atoms with Crippen LogP contribution in [0, 0.1) is 5.41 Å². The van der Waals surface area contributed by atoms with E-state index in [1.807, 2.05) is 17.1 Å². The molecule has 1 atom stereocenters. The van der Waals surface area contributed by atoms with Crippen molar-refractivity contribution in [2.24, 2.45) is 11.3 Å². The van der Waals surface area contributed by atoms with Crippen molar-refractivity contribution in [1.82, 2.24) is 15.0 Å². The molecule has 0 bridgehead atoms. The third kappa shape index (κ3) is 2.21. The molecule has 88 valence electrons. The Morgan fingerprint density at radius 3 is 2.94 bits per heavy atom. The summed E-state index contributed by atoms with van der Waals surface area (Å²) in [7, 11) is 0. The number of hydrazine groups is 1. The SMILES string of the molecule is CC1(C)CCC(n2cnc(Br)c2)=CC1NN. The molecule has 1 aliphatic rings. The zero-order chi connectivity index (χ0) is 11.8. The van der Waals surface area contributed by atoms with Crippen molar-refractivity contribution in [1.29, 1.82) is 0 Å². The van der Waals surface area contributed by atoms with Gasteiger partial charge >= 0.3 is 0 Å². The molecular formula is C11H17BrN4. The molecule has 4 nitrogen and oxygen atoms in total. The number of aromatic nitrogens is 2. The first kappa shape index (κ1) is 11.8. The van der Waals surface area contributed by atoms with Crippen LogP contribution in [0.4, 0.5) is 0 Å². The molecule has 0 saturated heterocycles. The van der Waals surface area contributed by atoms with Gasteiger partial charge < -0.3 is 4.57 Å². The highest BCUT2D eigenvalue weighted by atomic mass is 79.9. The molecule has 1 aliphatic carbocycles. The highest BCUT2D eigenvalue weighted by Gasteiger charge is 2.31. The maximum absolute atomic E-state index is 5.60. The standard InChI is InChI=1S/C11H17BrN4/c1-11(2)4-3-8(5-9(11)15-13)16-6-10(12)14-7-16/h5-7,9,15H,3-4,13H2,1-2H3. The zero-order valence-electron chi connectivity index (χ0n) is 9.57. The van der Waals surface area contributed by atoms with Crippen molar-refractivity contribution >= 4 is 21.6 Å². The number of rotatable bonds is 2. The summed E-state index contributed by atoms with van der Waals surface area (Å²) in [4.78, 5) is 4.17. The van der Waals surface area contributed by atoms with Gasteiger partial charge in [0.15, 0.2) is 0 Å². The fourth-order valence-electron chi connectivity index (χ4n) is 2.05. The van der Waals surface area contributed by atoms with Gasteiger partial charge in [-0.1, -0.05) is 13.8 Å². The Morgan fingerprint density at radius 1 is 1.62 bits per heavy atom. The minimum atomic E-state index is 0.204. The van der Waals surface area contributed by atoms with Crippen LogP contribution in [0.5, 0.6) is 0 Å². The normalized spacial score (nSPS) is 24.2. The zero-order valence-corrected chi connectivity index (χ0v) is 11.2. The van der Waals surface area contributed by atoms with Crippen LogP contribution in [0.25, 0.3) is 5.70 Å². The average molecular weight is 285 g/mol. The van der Waals surface area contributed by atoms with Crippen LogP contribution in [0.1, 0.15) is 26.7 Å². The number of hydrogen-bond donors (Lipinski definition) is 2. The van der Waals surface area contributed by atoms with Gasteiger partial charge in [0.2, 0.25) is 0 Å². The molecule has 16 heavy (non-hydrogen) atoms. The molecule has 1 aromatic rings. The van der Waals surface area contributed by atoms with Crippen LogP contribution in [-0.2, 0) is 0 Å². The average Bonchev–Trinajstić information content (AvgIpc) is 2.64. The molecule has 0 saturated carbocycles. The van der Waals surface area contributed by atoms with E-state index in [2.05, 4.69) is 46.3 Å².